The Labute approximate surface area is 241 Å². The molecule has 6 rings (SSSR count). The molecule has 2 fully saturated rings. The third-order valence-electron chi connectivity index (χ3n) is 8.16. The number of nitrogens with one attached hydrogen (secondary N) is 1. The number of anilines is 1. The zero-order valence-corrected chi connectivity index (χ0v) is 24.0. The molecule has 0 unspecified atom stereocenters. The Morgan fingerprint density at radius 2 is 1.61 bits per heavy atom. The van der Waals surface area contributed by atoms with Crippen LogP contribution in [0.1, 0.15) is 49.4 Å². The van der Waals surface area contributed by atoms with Crippen molar-refractivity contribution in [1.29, 1.82) is 0 Å². The second-order valence-electron chi connectivity index (χ2n) is 10.9. The van der Waals surface area contributed by atoms with Crippen LogP contribution in [0.3, 0.4) is 0 Å². The minimum Gasteiger partial charge on any atom is -0.493 e. The van der Waals surface area contributed by atoms with E-state index in [9.17, 15) is 0 Å². The van der Waals surface area contributed by atoms with Gasteiger partial charge in [0.25, 0.3) is 0 Å². The first-order valence-electron chi connectivity index (χ1n) is 14.7. The third-order valence-corrected chi connectivity index (χ3v) is 8.16. The number of hydrogen-bond acceptors (Lipinski definition) is 8. The van der Waals surface area contributed by atoms with Crippen molar-refractivity contribution in [1.82, 2.24) is 25.3 Å². The molecular weight excluding hydrogens is 512 g/mol. The lowest BCUT2D eigenvalue weighted by atomic mass is 10.00. The summed E-state index contributed by atoms with van der Waals surface area (Å²) in [6.07, 6.45) is 11.3. The summed E-state index contributed by atoms with van der Waals surface area (Å²) in [6.45, 7) is 3.74. The topological polar surface area (TPSA) is 85.3 Å². The molecule has 1 N–H and O–H groups in total. The number of fused-ring (bicyclic) bond motifs is 1. The van der Waals surface area contributed by atoms with Gasteiger partial charge in [-0.2, -0.15) is 0 Å². The maximum atomic E-state index is 5.57. The highest BCUT2D eigenvalue weighted by atomic mass is 16.5. The van der Waals surface area contributed by atoms with Crippen molar-refractivity contribution in [3.63, 3.8) is 0 Å². The summed E-state index contributed by atoms with van der Waals surface area (Å²) in [6, 6.07) is 16.3. The summed E-state index contributed by atoms with van der Waals surface area (Å²) in [5, 5.41) is 4.51. The standard InChI is InChI=1S/C33H38N6O2/c1-40-29-14-12-24(21-30(29)41-2)28-22-25(13-11-23-7-3-4-8-23)35-31(37-28)15-16-32-36-27-10-6-5-9-26(27)33(38-32)39-19-17-34-18-20-39/h5-6,9-10,12,14-16,21-23,34H,3-4,7-8,11,13,17-20H2,1-2H3. The lowest BCUT2D eigenvalue weighted by molar-refractivity contribution is 0.355. The van der Waals surface area contributed by atoms with Crippen molar-refractivity contribution >= 4 is 28.9 Å². The first kappa shape index (κ1) is 27.1. The minimum atomic E-state index is 0.652. The van der Waals surface area contributed by atoms with Crippen LogP contribution in [0.4, 0.5) is 5.82 Å². The second-order valence-corrected chi connectivity index (χ2v) is 10.9. The predicted molar refractivity (Wildman–Crippen MR) is 164 cm³/mol. The van der Waals surface area contributed by atoms with Gasteiger partial charge in [0, 0.05) is 42.8 Å². The Morgan fingerprint density at radius 3 is 2.39 bits per heavy atom. The van der Waals surface area contributed by atoms with Crippen molar-refractivity contribution in [2.75, 3.05) is 45.3 Å². The van der Waals surface area contributed by atoms with Crippen molar-refractivity contribution in [3.8, 4) is 22.8 Å². The van der Waals surface area contributed by atoms with Gasteiger partial charge >= 0.3 is 0 Å². The van der Waals surface area contributed by atoms with Gasteiger partial charge in [-0.3, -0.25) is 0 Å². The maximum Gasteiger partial charge on any atom is 0.161 e. The van der Waals surface area contributed by atoms with Gasteiger partial charge in [0.1, 0.15) is 5.82 Å². The Balaban J connectivity index is 1.35. The summed E-state index contributed by atoms with van der Waals surface area (Å²) in [5.74, 6) is 4.46. The molecule has 41 heavy (non-hydrogen) atoms. The second kappa shape index (κ2) is 12.6. The number of piperazine rings is 1. The molecule has 1 aliphatic carbocycles. The van der Waals surface area contributed by atoms with Crippen LogP contribution in [-0.4, -0.2) is 60.3 Å². The molecule has 1 saturated heterocycles. The van der Waals surface area contributed by atoms with Crippen LogP contribution >= 0.6 is 0 Å². The highest BCUT2D eigenvalue weighted by Crippen LogP contribution is 2.33. The molecule has 3 heterocycles. The molecule has 1 saturated carbocycles. The van der Waals surface area contributed by atoms with Crippen molar-refractivity contribution in [2.24, 2.45) is 5.92 Å². The average molecular weight is 551 g/mol. The lowest BCUT2D eigenvalue weighted by Gasteiger charge is -2.29. The fourth-order valence-corrected chi connectivity index (χ4v) is 5.93. The zero-order chi connectivity index (χ0) is 28.0. The fourth-order valence-electron chi connectivity index (χ4n) is 5.93. The molecule has 0 atom stereocenters. The summed E-state index contributed by atoms with van der Waals surface area (Å²) < 4.78 is 11.0. The first-order chi connectivity index (χ1) is 20.2. The summed E-state index contributed by atoms with van der Waals surface area (Å²) in [7, 11) is 3.30. The van der Waals surface area contributed by atoms with E-state index in [0.717, 1.165) is 78.6 Å². The van der Waals surface area contributed by atoms with Crippen LogP contribution in [0.5, 0.6) is 11.5 Å². The molecule has 2 aromatic carbocycles. The molecule has 8 nitrogen and oxygen atoms in total. The summed E-state index contributed by atoms with van der Waals surface area (Å²) in [5.41, 5.74) is 3.82. The first-order valence-corrected chi connectivity index (χ1v) is 14.7. The van der Waals surface area contributed by atoms with E-state index >= 15 is 0 Å². The highest BCUT2D eigenvalue weighted by molar-refractivity contribution is 5.90. The molecule has 0 radical (unpaired) electrons. The maximum absolute atomic E-state index is 5.57. The third kappa shape index (κ3) is 6.33. The van der Waals surface area contributed by atoms with E-state index in [1.54, 1.807) is 14.2 Å². The molecule has 8 heteroatoms. The van der Waals surface area contributed by atoms with Gasteiger partial charge in [0.15, 0.2) is 23.1 Å². The highest BCUT2D eigenvalue weighted by Gasteiger charge is 2.18. The van der Waals surface area contributed by atoms with E-state index < -0.39 is 0 Å². The van der Waals surface area contributed by atoms with Gasteiger partial charge in [-0.15, -0.1) is 0 Å². The Kier molecular flexibility index (Phi) is 8.37. The Morgan fingerprint density at radius 1 is 0.854 bits per heavy atom. The van der Waals surface area contributed by atoms with Gasteiger partial charge in [-0.05, 0) is 67.3 Å². The van der Waals surface area contributed by atoms with Crippen molar-refractivity contribution < 1.29 is 9.47 Å². The van der Waals surface area contributed by atoms with Crippen LogP contribution in [0.2, 0.25) is 0 Å². The monoisotopic (exact) mass is 550 g/mol. The molecule has 212 valence electrons. The fraction of sp³-hybridized carbons (Fsp3) is 0.394. The number of rotatable bonds is 9. The van der Waals surface area contributed by atoms with Gasteiger partial charge < -0.3 is 19.7 Å². The number of benzene rings is 2. The molecule has 0 amide bonds. The van der Waals surface area contributed by atoms with E-state index in [0.29, 0.717) is 23.1 Å². The molecule has 1 aliphatic heterocycles. The summed E-state index contributed by atoms with van der Waals surface area (Å²) >= 11 is 0. The van der Waals surface area contributed by atoms with Crippen molar-refractivity contribution in [3.05, 3.63) is 65.9 Å². The molecule has 0 spiro atoms. The average Bonchev–Trinajstić information content (AvgIpc) is 3.56. The normalized spacial score (nSPS) is 16.1. The van der Waals surface area contributed by atoms with Crippen LogP contribution < -0.4 is 19.7 Å². The Hall–Kier alpha value is -4.04. The minimum absolute atomic E-state index is 0.652. The van der Waals surface area contributed by atoms with Crippen molar-refractivity contribution in [2.45, 2.75) is 38.5 Å². The van der Waals surface area contributed by atoms with E-state index in [4.69, 9.17) is 29.4 Å². The molecule has 2 aromatic heterocycles. The molecule has 2 aliphatic rings. The molecular formula is C33H38N6O2. The smallest absolute Gasteiger partial charge is 0.161 e. The molecule has 0 bridgehead atoms. The summed E-state index contributed by atoms with van der Waals surface area (Å²) in [4.78, 5) is 22.1. The number of aromatic nitrogens is 4. The van der Waals surface area contributed by atoms with E-state index in [1.165, 1.54) is 25.7 Å². The van der Waals surface area contributed by atoms with E-state index in [2.05, 4.69) is 28.4 Å². The number of methoxy groups -OCH3 is 2. The van der Waals surface area contributed by atoms with E-state index in [1.807, 2.05) is 42.5 Å². The quantitative estimate of drug-likeness (QED) is 0.280. The largest absolute Gasteiger partial charge is 0.493 e. The molecule has 4 aromatic rings. The van der Waals surface area contributed by atoms with Crippen LogP contribution in [-0.2, 0) is 6.42 Å². The number of hydrogen-bond donors (Lipinski definition) is 1. The van der Waals surface area contributed by atoms with Crippen LogP contribution in [0.25, 0.3) is 34.3 Å². The number of nitrogens with zero attached hydrogens (tertiary/aromatic N) is 5. The lowest BCUT2D eigenvalue weighted by Crippen LogP contribution is -2.44. The van der Waals surface area contributed by atoms with Gasteiger partial charge in [-0.25, -0.2) is 19.9 Å². The van der Waals surface area contributed by atoms with Gasteiger partial charge in [-0.1, -0.05) is 37.8 Å². The number of ether oxygens (including phenoxy) is 2. The predicted octanol–water partition coefficient (Wildman–Crippen LogP) is 5.81. The number of para-hydroxylation sites is 1. The number of aryl methyl sites for hydroxylation is 1. The van der Waals surface area contributed by atoms with E-state index in [-0.39, 0.29) is 0 Å². The van der Waals surface area contributed by atoms with Gasteiger partial charge in [0.05, 0.1) is 25.4 Å². The van der Waals surface area contributed by atoms with Gasteiger partial charge in [0.2, 0.25) is 0 Å². The zero-order valence-electron chi connectivity index (χ0n) is 24.0. The SMILES string of the molecule is COc1ccc(-c2cc(CCC3CCCC3)nc(C=Cc3nc(N4CCNCC4)c4ccccc4n3)n2)cc1OC. The Bertz CT molecular complexity index is 1530. The van der Waals surface area contributed by atoms with Crippen LogP contribution in [0.15, 0.2) is 48.5 Å². The van der Waals surface area contributed by atoms with Crippen LogP contribution in [0, 0.1) is 5.92 Å².